The van der Waals surface area contributed by atoms with Gasteiger partial charge >= 0.3 is 0 Å². The lowest BCUT2D eigenvalue weighted by Crippen LogP contribution is -2.28. The summed E-state index contributed by atoms with van der Waals surface area (Å²) in [5.74, 6) is 2.11. The highest BCUT2D eigenvalue weighted by Crippen LogP contribution is 2.38. The summed E-state index contributed by atoms with van der Waals surface area (Å²) in [6.45, 7) is 0. The van der Waals surface area contributed by atoms with E-state index in [-0.39, 0.29) is 5.17 Å². The molecular weight excluding hydrogens is 170 g/mol. The van der Waals surface area contributed by atoms with E-state index in [9.17, 15) is 0 Å². The second kappa shape index (κ2) is 4.36. The van der Waals surface area contributed by atoms with E-state index < -0.39 is 0 Å². The van der Waals surface area contributed by atoms with Crippen LogP contribution in [0.4, 0.5) is 0 Å². The number of nitrogens with one attached hydrogen (secondary N) is 1. The molecule has 0 aromatic heterocycles. The van der Waals surface area contributed by atoms with Crippen molar-refractivity contribution in [1.82, 2.24) is 0 Å². The molecule has 4 heteroatoms. The quantitative estimate of drug-likeness (QED) is 0.515. The van der Waals surface area contributed by atoms with Crippen LogP contribution in [0.25, 0.3) is 0 Å². The van der Waals surface area contributed by atoms with Crippen LogP contribution < -0.4 is 5.73 Å². The van der Waals surface area contributed by atoms with E-state index in [1.807, 2.05) is 0 Å². The van der Waals surface area contributed by atoms with Crippen LogP contribution in [0.2, 0.25) is 0 Å². The molecule has 0 saturated heterocycles. The molecule has 0 radical (unpaired) electrons. The van der Waals surface area contributed by atoms with Crippen molar-refractivity contribution in [2.24, 2.45) is 17.6 Å². The summed E-state index contributed by atoms with van der Waals surface area (Å²) in [6, 6.07) is 2.19. The maximum atomic E-state index is 8.47. The Morgan fingerprint density at radius 1 is 1.58 bits per heavy atom. The standard InChI is InChI=1S/C8H13N3S/c9-4-3-6-1-2-7(6)5-12-8(10)11/h6-7H,1-3,5H2,(H3,10,11). The van der Waals surface area contributed by atoms with Gasteiger partial charge in [0, 0.05) is 12.2 Å². The molecule has 0 bridgehead atoms. The maximum Gasteiger partial charge on any atom is 0.151 e. The second-order valence-electron chi connectivity index (χ2n) is 3.14. The molecule has 3 N–H and O–H groups in total. The molecule has 1 saturated carbocycles. The highest BCUT2D eigenvalue weighted by Gasteiger charge is 2.30. The zero-order valence-corrected chi connectivity index (χ0v) is 7.73. The Morgan fingerprint density at radius 2 is 2.25 bits per heavy atom. The molecule has 0 amide bonds. The average Bonchev–Trinajstić information content (AvgIpc) is 1.98. The number of nitriles is 1. The van der Waals surface area contributed by atoms with Crippen LogP contribution in [0.15, 0.2) is 0 Å². The summed E-state index contributed by atoms with van der Waals surface area (Å²) in [6.07, 6.45) is 3.05. The van der Waals surface area contributed by atoms with Crippen LogP contribution in [0.1, 0.15) is 19.3 Å². The molecule has 0 spiro atoms. The Morgan fingerprint density at radius 3 is 2.67 bits per heavy atom. The smallest absolute Gasteiger partial charge is 0.151 e. The van der Waals surface area contributed by atoms with Crippen LogP contribution in [-0.2, 0) is 0 Å². The predicted molar refractivity (Wildman–Crippen MR) is 50.8 cm³/mol. The van der Waals surface area contributed by atoms with Crippen LogP contribution in [0, 0.1) is 28.6 Å². The summed E-state index contributed by atoms with van der Waals surface area (Å²) in [7, 11) is 0. The fourth-order valence-corrected chi connectivity index (χ4v) is 2.27. The van der Waals surface area contributed by atoms with Crippen LogP contribution in [0.5, 0.6) is 0 Å². The van der Waals surface area contributed by atoms with Crippen molar-refractivity contribution >= 4 is 16.9 Å². The average molecular weight is 183 g/mol. The first-order chi connectivity index (χ1) is 5.74. The largest absolute Gasteiger partial charge is 0.379 e. The Bertz CT molecular complexity index is 209. The molecule has 0 aliphatic heterocycles. The molecule has 3 nitrogen and oxygen atoms in total. The maximum absolute atomic E-state index is 8.47. The molecule has 1 aliphatic rings. The highest BCUT2D eigenvalue weighted by atomic mass is 32.2. The first-order valence-corrected chi connectivity index (χ1v) is 5.06. The fraction of sp³-hybridized carbons (Fsp3) is 0.750. The third-order valence-electron chi connectivity index (χ3n) is 2.38. The van der Waals surface area contributed by atoms with Gasteiger partial charge in [-0.15, -0.1) is 0 Å². The number of amidine groups is 1. The van der Waals surface area contributed by atoms with E-state index in [4.69, 9.17) is 16.4 Å². The van der Waals surface area contributed by atoms with Crippen molar-refractivity contribution in [2.75, 3.05) is 5.75 Å². The topological polar surface area (TPSA) is 73.7 Å². The van der Waals surface area contributed by atoms with Crippen molar-refractivity contribution < 1.29 is 0 Å². The number of thioether (sulfide) groups is 1. The Labute approximate surface area is 76.8 Å². The van der Waals surface area contributed by atoms with Gasteiger partial charge in [0.25, 0.3) is 0 Å². The van der Waals surface area contributed by atoms with Gasteiger partial charge in [-0.25, -0.2) is 0 Å². The minimum atomic E-state index is 0.192. The minimum Gasteiger partial charge on any atom is -0.379 e. The SMILES string of the molecule is N#CCC1CCC1CSC(=N)N. The molecule has 1 fully saturated rings. The van der Waals surface area contributed by atoms with E-state index in [0.29, 0.717) is 18.3 Å². The van der Waals surface area contributed by atoms with Gasteiger partial charge in [-0.05, 0) is 24.7 Å². The number of nitrogens with two attached hydrogens (primary N) is 1. The lowest BCUT2D eigenvalue weighted by Gasteiger charge is -2.34. The first kappa shape index (κ1) is 9.40. The third kappa shape index (κ3) is 2.42. The van der Waals surface area contributed by atoms with E-state index in [1.165, 1.54) is 24.6 Å². The van der Waals surface area contributed by atoms with E-state index in [1.54, 1.807) is 0 Å². The van der Waals surface area contributed by atoms with Crippen molar-refractivity contribution in [3.63, 3.8) is 0 Å². The lowest BCUT2D eigenvalue weighted by atomic mass is 9.73. The summed E-state index contributed by atoms with van der Waals surface area (Å²) in [5.41, 5.74) is 5.22. The van der Waals surface area contributed by atoms with Gasteiger partial charge in [0.05, 0.1) is 6.07 Å². The molecule has 1 rings (SSSR count). The number of hydrogen-bond donors (Lipinski definition) is 2. The van der Waals surface area contributed by atoms with E-state index in [0.717, 1.165) is 5.75 Å². The number of hydrogen-bond acceptors (Lipinski definition) is 3. The van der Waals surface area contributed by atoms with Gasteiger partial charge in [-0.1, -0.05) is 11.8 Å². The van der Waals surface area contributed by atoms with Crippen molar-refractivity contribution in [1.29, 1.82) is 10.7 Å². The zero-order chi connectivity index (χ0) is 8.97. The molecule has 0 heterocycles. The van der Waals surface area contributed by atoms with Crippen molar-refractivity contribution in [2.45, 2.75) is 19.3 Å². The van der Waals surface area contributed by atoms with Crippen LogP contribution in [-0.4, -0.2) is 10.9 Å². The monoisotopic (exact) mass is 183 g/mol. The Balaban J connectivity index is 2.17. The van der Waals surface area contributed by atoms with Gasteiger partial charge < -0.3 is 5.73 Å². The highest BCUT2D eigenvalue weighted by molar-refractivity contribution is 8.13. The van der Waals surface area contributed by atoms with Crippen LogP contribution >= 0.6 is 11.8 Å². The molecule has 12 heavy (non-hydrogen) atoms. The first-order valence-electron chi connectivity index (χ1n) is 4.07. The van der Waals surface area contributed by atoms with Gasteiger partial charge in [0.15, 0.2) is 5.17 Å². The summed E-state index contributed by atoms with van der Waals surface area (Å²) >= 11 is 1.40. The third-order valence-corrected chi connectivity index (χ3v) is 3.29. The van der Waals surface area contributed by atoms with Crippen LogP contribution in [0.3, 0.4) is 0 Å². The predicted octanol–water partition coefficient (Wildman–Crippen LogP) is 1.55. The fourth-order valence-electron chi connectivity index (χ4n) is 1.44. The number of nitrogens with zero attached hydrogens (tertiary/aromatic N) is 1. The van der Waals surface area contributed by atoms with Gasteiger partial charge in [0.1, 0.15) is 0 Å². The lowest BCUT2D eigenvalue weighted by molar-refractivity contribution is 0.207. The molecule has 66 valence electrons. The molecule has 2 atom stereocenters. The van der Waals surface area contributed by atoms with Gasteiger partial charge in [-0.2, -0.15) is 5.26 Å². The zero-order valence-electron chi connectivity index (χ0n) is 6.92. The molecule has 0 aromatic rings. The van der Waals surface area contributed by atoms with Gasteiger partial charge in [-0.3, -0.25) is 5.41 Å². The Hall–Kier alpha value is -0.690. The number of rotatable bonds is 3. The summed E-state index contributed by atoms with van der Waals surface area (Å²) in [4.78, 5) is 0. The molecule has 2 unspecified atom stereocenters. The minimum absolute atomic E-state index is 0.192. The molecule has 1 aliphatic carbocycles. The molecule has 0 aromatic carbocycles. The Kier molecular flexibility index (Phi) is 3.42. The van der Waals surface area contributed by atoms with Crippen molar-refractivity contribution in [3.05, 3.63) is 0 Å². The van der Waals surface area contributed by atoms with Gasteiger partial charge in [0.2, 0.25) is 0 Å². The summed E-state index contributed by atoms with van der Waals surface area (Å²) in [5, 5.41) is 15.7. The van der Waals surface area contributed by atoms with Crippen molar-refractivity contribution in [3.8, 4) is 6.07 Å². The van der Waals surface area contributed by atoms with E-state index >= 15 is 0 Å². The molecular formula is C8H13N3S. The van der Waals surface area contributed by atoms with E-state index in [2.05, 4.69) is 6.07 Å². The normalized spacial score (nSPS) is 27.2. The second-order valence-corrected chi connectivity index (χ2v) is 4.20. The summed E-state index contributed by atoms with van der Waals surface area (Å²) < 4.78 is 0.